The molecule has 2 heterocycles. The number of fused-ring (bicyclic) bond motifs is 1. The van der Waals surface area contributed by atoms with Crippen LogP contribution in [-0.2, 0) is 4.74 Å². The molecule has 2 saturated heterocycles. The average Bonchev–Trinajstić information content (AvgIpc) is 2.51. The Hall–Kier alpha value is -0.0151. The molecule has 132 valence electrons. The lowest BCUT2D eigenvalue weighted by Crippen LogP contribution is -2.70. The Morgan fingerprint density at radius 2 is 1.96 bits per heavy atom. The zero-order valence-corrected chi connectivity index (χ0v) is 16.2. The fourth-order valence-corrected chi connectivity index (χ4v) is 6.17. The van der Waals surface area contributed by atoms with E-state index in [4.69, 9.17) is 4.74 Å². The van der Waals surface area contributed by atoms with Crippen molar-refractivity contribution in [3.8, 4) is 0 Å². The van der Waals surface area contributed by atoms with Crippen molar-refractivity contribution >= 4 is 7.85 Å². The van der Waals surface area contributed by atoms with Gasteiger partial charge in [0.05, 0.1) is 18.8 Å². The maximum atomic E-state index is 5.69. The molecule has 0 aromatic carbocycles. The van der Waals surface area contributed by atoms with Gasteiger partial charge in [0.1, 0.15) is 7.85 Å². The van der Waals surface area contributed by atoms with E-state index in [-0.39, 0.29) is 0 Å². The van der Waals surface area contributed by atoms with Gasteiger partial charge in [0.15, 0.2) is 0 Å². The lowest BCUT2D eigenvalue weighted by molar-refractivity contribution is -0.195. The summed E-state index contributed by atoms with van der Waals surface area (Å²) < 4.78 is 5.69. The maximum absolute atomic E-state index is 5.69. The van der Waals surface area contributed by atoms with Crippen LogP contribution >= 0.6 is 0 Å². The van der Waals surface area contributed by atoms with Crippen LogP contribution in [0.3, 0.4) is 0 Å². The zero-order valence-electron chi connectivity index (χ0n) is 16.2. The summed E-state index contributed by atoms with van der Waals surface area (Å²) in [4.78, 5) is 2.91. The van der Waals surface area contributed by atoms with Crippen molar-refractivity contribution in [1.29, 1.82) is 0 Å². The van der Waals surface area contributed by atoms with Crippen molar-refractivity contribution in [2.24, 2.45) is 11.8 Å². The number of ether oxygens (including phenoxy) is 1. The van der Waals surface area contributed by atoms with Crippen molar-refractivity contribution in [3.05, 3.63) is 0 Å². The van der Waals surface area contributed by atoms with Crippen molar-refractivity contribution in [1.82, 2.24) is 4.90 Å². The highest BCUT2D eigenvalue weighted by molar-refractivity contribution is 6.15. The molecule has 0 amide bonds. The lowest BCUT2D eigenvalue weighted by Gasteiger charge is -2.60. The molecule has 3 heteroatoms. The van der Waals surface area contributed by atoms with Crippen molar-refractivity contribution < 1.29 is 4.74 Å². The molecule has 4 atom stereocenters. The maximum Gasteiger partial charge on any atom is 0.109 e. The molecule has 0 N–H and O–H groups in total. The molecule has 3 aliphatic rings. The van der Waals surface area contributed by atoms with Gasteiger partial charge in [-0.05, 0) is 51.4 Å². The number of hydrogen-bond acceptors (Lipinski definition) is 2. The zero-order chi connectivity index (χ0) is 16.7. The standard InChI is InChI=1S/C20H38BNO/c1-5-19(21)9-6-7-18-17(11-16(4)12-19)8-10-20(13-23-14-20)22(18)15(2)3/h15-18H,5-14,21H2,1-4H3. The number of piperidine rings is 1. The van der Waals surface area contributed by atoms with Crippen LogP contribution in [0.1, 0.15) is 79.1 Å². The fraction of sp³-hybridized carbons (Fsp3) is 1.00. The van der Waals surface area contributed by atoms with Crippen LogP contribution in [0.2, 0.25) is 5.31 Å². The van der Waals surface area contributed by atoms with E-state index in [2.05, 4.69) is 40.4 Å². The molecule has 3 fully saturated rings. The van der Waals surface area contributed by atoms with Gasteiger partial charge in [-0.15, -0.1) is 0 Å². The second-order valence-corrected chi connectivity index (χ2v) is 9.69. The molecule has 0 bridgehead atoms. The van der Waals surface area contributed by atoms with Gasteiger partial charge in [0.2, 0.25) is 0 Å². The van der Waals surface area contributed by atoms with E-state index in [1.165, 1.54) is 51.4 Å². The van der Waals surface area contributed by atoms with Gasteiger partial charge in [0.25, 0.3) is 0 Å². The van der Waals surface area contributed by atoms with Crippen molar-refractivity contribution in [2.75, 3.05) is 13.2 Å². The summed E-state index contributed by atoms with van der Waals surface area (Å²) in [6, 6.07) is 1.45. The van der Waals surface area contributed by atoms with Crippen LogP contribution in [0.4, 0.5) is 0 Å². The normalized spacial score (nSPS) is 41.7. The molecule has 1 saturated carbocycles. The van der Waals surface area contributed by atoms with E-state index in [0.717, 1.165) is 31.1 Å². The predicted octanol–water partition coefficient (Wildman–Crippen LogP) is 4.05. The van der Waals surface area contributed by atoms with Gasteiger partial charge >= 0.3 is 0 Å². The minimum atomic E-state index is 0.390. The number of nitrogens with zero attached hydrogens (tertiary/aromatic N) is 1. The largest absolute Gasteiger partial charge is 0.377 e. The fourth-order valence-electron chi connectivity index (χ4n) is 6.17. The van der Waals surface area contributed by atoms with E-state index >= 15 is 0 Å². The quantitative estimate of drug-likeness (QED) is 0.712. The monoisotopic (exact) mass is 319 g/mol. The molecule has 2 nitrogen and oxygen atoms in total. The van der Waals surface area contributed by atoms with Crippen LogP contribution in [-0.4, -0.2) is 43.6 Å². The van der Waals surface area contributed by atoms with Crippen LogP contribution in [0.15, 0.2) is 0 Å². The molecule has 23 heavy (non-hydrogen) atoms. The first-order valence-electron chi connectivity index (χ1n) is 10.3. The minimum absolute atomic E-state index is 0.390. The number of hydrogen-bond donors (Lipinski definition) is 0. The van der Waals surface area contributed by atoms with E-state index in [1.54, 1.807) is 0 Å². The SMILES string of the molecule is BC1(CC)CCCC2C(CCC3(COC3)N2C(C)C)CC(C)C1. The van der Waals surface area contributed by atoms with E-state index < -0.39 is 0 Å². The van der Waals surface area contributed by atoms with Gasteiger partial charge in [-0.1, -0.05) is 44.8 Å². The molecule has 2 aliphatic heterocycles. The Labute approximate surface area is 145 Å². The Morgan fingerprint density at radius 3 is 2.52 bits per heavy atom. The summed E-state index contributed by atoms with van der Waals surface area (Å²) in [6.45, 7) is 11.7. The molecular formula is C20H38BNO. The lowest BCUT2D eigenvalue weighted by atomic mass is 9.60. The summed E-state index contributed by atoms with van der Waals surface area (Å²) in [5.41, 5.74) is 0.390. The number of likely N-dealkylation sites (tertiary alicyclic amines) is 1. The van der Waals surface area contributed by atoms with Crippen LogP contribution in [0.25, 0.3) is 0 Å². The molecule has 0 aromatic rings. The summed E-state index contributed by atoms with van der Waals surface area (Å²) >= 11 is 0. The highest BCUT2D eigenvalue weighted by atomic mass is 16.5. The molecule has 4 unspecified atom stereocenters. The van der Waals surface area contributed by atoms with Crippen LogP contribution in [0, 0.1) is 11.8 Å². The highest BCUT2D eigenvalue weighted by Crippen LogP contribution is 2.49. The first kappa shape index (κ1) is 17.8. The van der Waals surface area contributed by atoms with Gasteiger partial charge < -0.3 is 4.74 Å². The first-order valence-corrected chi connectivity index (χ1v) is 10.3. The molecule has 1 spiro atoms. The summed E-state index contributed by atoms with van der Waals surface area (Å²) in [6.07, 6.45) is 11.3. The van der Waals surface area contributed by atoms with Crippen molar-refractivity contribution in [3.63, 3.8) is 0 Å². The minimum Gasteiger partial charge on any atom is -0.377 e. The van der Waals surface area contributed by atoms with Crippen molar-refractivity contribution in [2.45, 2.75) is 102 Å². The third kappa shape index (κ3) is 3.38. The molecule has 1 aliphatic carbocycles. The summed E-state index contributed by atoms with van der Waals surface area (Å²) in [5, 5.41) is 0.576. The molecule has 0 aromatic heterocycles. The summed E-state index contributed by atoms with van der Waals surface area (Å²) in [5.74, 6) is 1.80. The van der Waals surface area contributed by atoms with E-state index in [9.17, 15) is 0 Å². The second kappa shape index (κ2) is 6.71. The Bertz CT molecular complexity index is 408. The van der Waals surface area contributed by atoms with Crippen LogP contribution < -0.4 is 0 Å². The smallest absolute Gasteiger partial charge is 0.109 e. The highest BCUT2D eigenvalue weighted by Gasteiger charge is 2.52. The Kier molecular flexibility index (Phi) is 5.19. The van der Waals surface area contributed by atoms with Crippen LogP contribution in [0.5, 0.6) is 0 Å². The van der Waals surface area contributed by atoms with Gasteiger partial charge in [-0.25, -0.2) is 0 Å². The third-order valence-electron chi connectivity index (χ3n) is 7.41. The molecule has 0 radical (unpaired) electrons. The summed E-state index contributed by atoms with van der Waals surface area (Å²) in [7, 11) is 2.54. The van der Waals surface area contributed by atoms with E-state index in [0.29, 0.717) is 16.9 Å². The molecular weight excluding hydrogens is 281 g/mol. The second-order valence-electron chi connectivity index (χ2n) is 9.69. The Balaban J connectivity index is 1.81. The predicted molar refractivity (Wildman–Crippen MR) is 101 cm³/mol. The number of rotatable bonds is 2. The first-order chi connectivity index (χ1) is 10.9. The third-order valence-corrected chi connectivity index (χ3v) is 7.41. The molecule has 3 rings (SSSR count). The van der Waals surface area contributed by atoms with E-state index in [1.807, 2.05) is 0 Å². The van der Waals surface area contributed by atoms with Gasteiger partial charge in [0, 0.05) is 12.1 Å². The van der Waals surface area contributed by atoms with Gasteiger partial charge in [-0.2, -0.15) is 0 Å². The Morgan fingerprint density at radius 1 is 1.22 bits per heavy atom. The van der Waals surface area contributed by atoms with Gasteiger partial charge in [-0.3, -0.25) is 4.90 Å². The topological polar surface area (TPSA) is 12.5 Å². The average molecular weight is 319 g/mol.